The number of nitrogens with zero attached hydrogens (tertiary/aromatic N) is 1. The van der Waals surface area contributed by atoms with Crippen molar-refractivity contribution in [3.8, 4) is 5.75 Å². The third kappa shape index (κ3) is 3.97. The van der Waals surface area contributed by atoms with Crippen molar-refractivity contribution in [2.45, 2.75) is 45.6 Å². The van der Waals surface area contributed by atoms with E-state index in [2.05, 4.69) is 0 Å². The summed E-state index contributed by atoms with van der Waals surface area (Å²) in [5.74, 6) is 0.879. The third-order valence-electron chi connectivity index (χ3n) is 4.35. The van der Waals surface area contributed by atoms with Crippen LogP contribution in [0.4, 0.5) is 0 Å². The second-order valence-corrected chi connectivity index (χ2v) is 5.80. The first-order chi connectivity index (χ1) is 10.1. The van der Waals surface area contributed by atoms with Crippen molar-refractivity contribution in [2.24, 2.45) is 5.73 Å². The molecule has 2 rings (SSSR count). The van der Waals surface area contributed by atoms with Crippen molar-refractivity contribution in [2.75, 3.05) is 19.7 Å². The van der Waals surface area contributed by atoms with E-state index in [1.54, 1.807) is 0 Å². The molecule has 1 aliphatic rings. The third-order valence-corrected chi connectivity index (χ3v) is 4.35. The van der Waals surface area contributed by atoms with Crippen LogP contribution in [0.2, 0.25) is 0 Å². The molecule has 1 unspecified atom stereocenters. The summed E-state index contributed by atoms with van der Waals surface area (Å²) in [6.45, 7) is 5.65. The topological polar surface area (TPSA) is 55.6 Å². The van der Waals surface area contributed by atoms with E-state index in [0.717, 1.165) is 37.1 Å². The fourth-order valence-corrected chi connectivity index (χ4v) is 2.92. The quantitative estimate of drug-likeness (QED) is 0.906. The monoisotopic (exact) mass is 290 g/mol. The maximum atomic E-state index is 12.4. The number of amides is 1. The van der Waals surface area contributed by atoms with Crippen molar-refractivity contribution in [1.29, 1.82) is 0 Å². The Morgan fingerprint density at radius 2 is 2.19 bits per heavy atom. The maximum Gasteiger partial charge on any atom is 0.260 e. The van der Waals surface area contributed by atoms with Gasteiger partial charge in [-0.05, 0) is 63.3 Å². The first-order valence-electron chi connectivity index (χ1n) is 7.82. The van der Waals surface area contributed by atoms with Crippen molar-refractivity contribution in [3.63, 3.8) is 0 Å². The van der Waals surface area contributed by atoms with E-state index in [1.807, 2.05) is 36.9 Å². The number of aryl methyl sites for hydroxylation is 1. The summed E-state index contributed by atoms with van der Waals surface area (Å²) in [5.41, 5.74) is 7.93. The van der Waals surface area contributed by atoms with Crippen molar-refractivity contribution < 1.29 is 9.53 Å². The van der Waals surface area contributed by atoms with Crippen LogP contribution in [-0.2, 0) is 4.79 Å². The molecule has 1 aliphatic heterocycles. The lowest BCUT2D eigenvalue weighted by Crippen LogP contribution is -2.46. The van der Waals surface area contributed by atoms with Crippen LogP contribution in [0.5, 0.6) is 5.75 Å². The van der Waals surface area contributed by atoms with Crippen LogP contribution in [0.25, 0.3) is 0 Å². The lowest BCUT2D eigenvalue weighted by Gasteiger charge is -2.35. The fraction of sp³-hybridized carbons (Fsp3) is 0.588. The van der Waals surface area contributed by atoms with Gasteiger partial charge in [-0.1, -0.05) is 12.1 Å². The predicted octanol–water partition coefficient (Wildman–Crippen LogP) is 2.41. The number of piperidine rings is 1. The minimum absolute atomic E-state index is 0.0778. The summed E-state index contributed by atoms with van der Waals surface area (Å²) in [6.07, 6.45) is 4.21. The standard InChI is InChI=1S/C17H26N2O2/c1-13-6-5-8-16(14(13)2)21-12-17(20)19-11-4-3-7-15(19)9-10-18/h5-6,8,15H,3-4,7,9-12,18H2,1-2H3. The summed E-state index contributed by atoms with van der Waals surface area (Å²) in [7, 11) is 0. The molecule has 1 aromatic rings. The van der Waals surface area contributed by atoms with E-state index < -0.39 is 0 Å². The minimum Gasteiger partial charge on any atom is -0.483 e. The second kappa shape index (κ2) is 7.46. The normalized spacial score (nSPS) is 18.6. The van der Waals surface area contributed by atoms with Crippen molar-refractivity contribution >= 4 is 5.91 Å². The van der Waals surface area contributed by atoms with Crippen LogP contribution in [0.15, 0.2) is 18.2 Å². The number of rotatable bonds is 5. The highest BCUT2D eigenvalue weighted by Gasteiger charge is 2.26. The molecule has 21 heavy (non-hydrogen) atoms. The van der Waals surface area contributed by atoms with Gasteiger partial charge in [0.1, 0.15) is 5.75 Å². The van der Waals surface area contributed by atoms with Gasteiger partial charge in [0, 0.05) is 12.6 Å². The molecule has 0 spiro atoms. The van der Waals surface area contributed by atoms with Gasteiger partial charge in [0.2, 0.25) is 0 Å². The van der Waals surface area contributed by atoms with Gasteiger partial charge < -0.3 is 15.4 Å². The van der Waals surface area contributed by atoms with Gasteiger partial charge in [0.05, 0.1) is 0 Å². The van der Waals surface area contributed by atoms with Crippen molar-refractivity contribution in [1.82, 2.24) is 4.90 Å². The lowest BCUT2D eigenvalue weighted by atomic mass is 9.99. The Balaban J connectivity index is 1.95. The van der Waals surface area contributed by atoms with Gasteiger partial charge in [0.25, 0.3) is 5.91 Å². The zero-order chi connectivity index (χ0) is 15.2. The Kier molecular flexibility index (Phi) is 5.62. The minimum atomic E-state index is 0.0778. The SMILES string of the molecule is Cc1cccc(OCC(=O)N2CCCCC2CCN)c1C. The average Bonchev–Trinajstić information content (AvgIpc) is 2.49. The molecule has 1 heterocycles. The number of carbonyl (C=O) groups is 1. The largest absolute Gasteiger partial charge is 0.483 e. The predicted molar refractivity (Wildman–Crippen MR) is 84.4 cm³/mol. The van der Waals surface area contributed by atoms with Gasteiger partial charge in [-0.15, -0.1) is 0 Å². The molecule has 2 N–H and O–H groups in total. The molecule has 1 aromatic carbocycles. The molecule has 4 heteroatoms. The molecule has 4 nitrogen and oxygen atoms in total. The van der Waals surface area contributed by atoms with Gasteiger partial charge in [0.15, 0.2) is 6.61 Å². The molecule has 0 aromatic heterocycles. The van der Waals surface area contributed by atoms with Crippen LogP contribution < -0.4 is 10.5 Å². The van der Waals surface area contributed by atoms with E-state index in [9.17, 15) is 4.79 Å². The number of ether oxygens (including phenoxy) is 1. The Hall–Kier alpha value is -1.55. The smallest absolute Gasteiger partial charge is 0.260 e. The Labute approximate surface area is 127 Å². The van der Waals surface area contributed by atoms with Crippen LogP contribution in [-0.4, -0.2) is 36.5 Å². The van der Waals surface area contributed by atoms with E-state index in [0.29, 0.717) is 12.6 Å². The van der Waals surface area contributed by atoms with Gasteiger partial charge in [-0.3, -0.25) is 4.79 Å². The number of hydrogen-bond donors (Lipinski definition) is 1. The van der Waals surface area contributed by atoms with E-state index in [-0.39, 0.29) is 12.5 Å². The summed E-state index contributed by atoms with van der Waals surface area (Å²) in [6, 6.07) is 6.22. The molecule has 1 fully saturated rings. The average molecular weight is 290 g/mol. The lowest BCUT2D eigenvalue weighted by molar-refractivity contribution is -0.137. The summed E-state index contributed by atoms with van der Waals surface area (Å²) >= 11 is 0. The number of benzene rings is 1. The molecule has 1 amide bonds. The molecule has 0 aliphatic carbocycles. The highest BCUT2D eigenvalue weighted by molar-refractivity contribution is 5.78. The number of likely N-dealkylation sites (tertiary alicyclic amines) is 1. The summed E-state index contributed by atoms with van der Waals surface area (Å²) in [5, 5.41) is 0. The number of carbonyl (C=O) groups excluding carboxylic acids is 1. The van der Waals surface area contributed by atoms with Crippen LogP contribution >= 0.6 is 0 Å². The molecule has 1 saturated heterocycles. The highest BCUT2D eigenvalue weighted by atomic mass is 16.5. The van der Waals surface area contributed by atoms with Gasteiger partial charge >= 0.3 is 0 Å². The highest BCUT2D eigenvalue weighted by Crippen LogP contribution is 2.22. The van der Waals surface area contributed by atoms with Crippen molar-refractivity contribution in [3.05, 3.63) is 29.3 Å². The number of hydrogen-bond acceptors (Lipinski definition) is 3. The first-order valence-corrected chi connectivity index (χ1v) is 7.82. The Bertz CT molecular complexity index is 486. The fourth-order valence-electron chi connectivity index (χ4n) is 2.92. The molecule has 0 radical (unpaired) electrons. The zero-order valence-corrected chi connectivity index (χ0v) is 13.1. The Morgan fingerprint density at radius 3 is 2.95 bits per heavy atom. The molecule has 116 valence electrons. The zero-order valence-electron chi connectivity index (χ0n) is 13.1. The van der Waals surface area contributed by atoms with Crippen LogP contribution in [0, 0.1) is 13.8 Å². The van der Waals surface area contributed by atoms with Crippen LogP contribution in [0.1, 0.15) is 36.8 Å². The first kappa shape index (κ1) is 15.8. The molecule has 0 saturated carbocycles. The molecule has 0 bridgehead atoms. The number of nitrogens with two attached hydrogens (primary N) is 1. The molecule has 1 atom stereocenters. The molecular formula is C17H26N2O2. The second-order valence-electron chi connectivity index (χ2n) is 5.80. The Morgan fingerprint density at radius 1 is 1.38 bits per heavy atom. The van der Waals surface area contributed by atoms with Gasteiger partial charge in [-0.25, -0.2) is 0 Å². The summed E-state index contributed by atoms with van der Waals surface area (Å²) in [4.78, 5) is 14.4. The van der Waals surface area contributed by atoms with E-state index in [1.165, 1.54) is 12.0 Å². The van der Waals surface area contributed by atoms with E-state index in [4.69, 9.17) is 10.5 Å². The van der Waals surface area contributed by atoms with Crippen LogP contribution in [0.3, 0.4) is 0 Å². The molecular weight excluding hydrogens is 264 g/mol. The maximum absolute atomic E-state index is 12.4. The van der Waals surface area contributed by atoms with Gasteiger partial charge in [-0.2, -0.15) is 0 Å². The summed E-state index contributed by atoms with van der Waals surface area (Å²) < 4.78 is 5.74. The van der Waals surface area contributed by atoms with E-state index >= 15 is 0 Å².